The van der Waals surface area contributed by atoms with E-state index in [-0.39, 0.29) is 23.4 Å². The second-order valence-corrected chi connectivity index (χ2v) is 6.59. The summed E-state index contributed by atoms with van der Waals surface area (Å²) in [6, 6.07) is 6.52. The van der Waals surface area contributed by atoms with Crippen molar-refractivity contribution in [1.29, 1.82) is 0 Å². The predicted octanol–water partition coefficient (Wildman–Crippen LogP) is 4.22. The van der Waals surface area contributed by atoms with E-state index in [0.717, 1.165) is 12.0 Å². The van der Waals surface area contributed by atoms with Crippen molar-refractivity contribution in [1.82, 2.24) is 9.88 Å². The van der Waals surface area contributed by atoms with Gasteiger partial charge in [0.05, 0.1) is 11.1 Å². The number of likely N-dealkylation sites (tertiary alicyclic amines) is 1. The molecule has 1 aromatic carbocycles. The molecule has 0 spiro atoms. The Hall–Kier alpha value is -2.93. The van der Waals surface area contributed by atoms with Gasteiger partial charge >= 0.3 is 0 Å². The number of carbonyl (C=O) groups is 1. The van der Waals surface area contributed by atoms with E-state index in [0.29, 0.717) is 29.7 Å². The molecule has 7 heteroatoms. The number of carbonyl (C=O) groups excluding carboxylic acids is 1. The topological polar surface area (TPSA) is 84.4 Å². The van der Waals surface area contributed by atoms with Gasteiger partial charge in [-0.3, -0.25) is 9.78 Å². The Labute approximate surface area is 163 Å². The van der Waals surface area contributed by atoms with Crippen LogP contribution in [0.2, 0.25) is 0 Å². The number of nitrogens with one attached hydrogen (secondary N) is 1. The molecular weight excluding hydrogens is 359 g/mol. The van der Waals surface area contributed by atoms with Gasteiger partial charge < -0.3 is 20.4 Å². The molecule has 1 saturated heterocycles. The number of amides is 1. The first-order valence-corrected chi connectivity index (χ1v) is 9.47. The van der Waals surface area contributed by atoms with Crippen molar-refractivity contribution in [2.45, 2.75) is 33.2 Å². The minimum absolute atomic E-state index is 0.0315. The fourth-order valence-electron chi connectivity index (χ4n) is 3.19. The molecule has 3 heterocycles. The fraction of sp³-hybridized carbons (Fsp3) is 0.333. The van der Waals surface area contributed by atoms with Gasteiger partial charge in [0, 0.05) is 31.5 Å². The van der Waals surface area contributed by atoms with E-state index in [2.05, 4.69) is 10.3 Å². The van der Waals surface area contributed by atoms with Gasteiger partial charge in [-0.2, -0.15) is 0 Å². The lowest BCUT2D eigenvalue weighted by atomic mass is 10.2. The van der Waals surface area contributed by atoms with Gasteiger partial charge in [0.25, 0.3) is 5.91 Å². The predicted molar refractivity (Wildman–Crippen MR) is 108 cm³/mol. The maximum absolute atomic E-state index is 14.3. The summed E-state index contributed by atoms with van der Waals surface area (Å²) < 4.78 is 20.1. The number of nitrogens with two attached hydrogens (primary N) is 1. The van der Waals surface area contributed by atoms with Crippen LogP contribution in [0.5, 0.6) is 0 Å². The van der Waals surface area contributed by atoms with E-state index in [1.165, 1.54) is 6.07 Å². The van der Waals surface area contributed by atoms with Crippen LogP contribution < -0.4 is 11.1 Å². The molecule has 1 atom stereocenters. The quantitative estimate of drug-likeness (QED) is 0.706. The van der Waals surface area contributed by atoms with Crippen LogP contribution in [0.15, 0.2) is 41.1 Å². The summed E-state index contributed by atoms with van der Waals surface area (Å²) in [4.78, 5) is 18.7. The third-order valence-electron chi connectivity index (χ3n) is 4.58. The van der Waals surface area contributed by atoms with E-state index in [1.54, 1.807) is 35.5 Å². The Morgan fingerprint density at radius 1 is 1.36 bits per heavy atom. The van der Waals surface area contributed by atoms with Crippen molar-refractivity contribution >= 4 is 28.3 Å². The zero-order chi connectivity index (χ0) is 20.3. The number of pyridine rings is 1. The molecule has 3 aromatic rings. The standard InChI is InChI=1S/C19H19FN4O2.C2H6/c1-11-2-3-15(14(20)8-11)23-17-13-9-22-6-4-16(13)26-18(17)19(25)24-7-5-12(21)10-24;1-2/h2-4,6,8-9,12,23H,5,7,10,21H2,1H3;1-2H3. The van der Waals surface area contributed by atoms with Gasteiger partial charge in [0.2, 0.25) is 5.76 Å². The Kier molecular flexibility index (Phi) is 5.94. The minimum atomic E-state index is -0.398. The van der Waals surface area contributed by atoms with Crippen molar-refractivity contribution in [2.75, 3.05) is 18.4 Å². The van der Waals surface area contributed by atoms with Crippen molar-refractivity contribution in [3.63, 3.8) is 0 Å². The van der Waals surface area contributed by atoms with Crippen LogP contribution in [0.4, 0.5) is 15.8 Å². The monoisotopic (exact) mass is 384 g/mol. The number of aromatic nitrogens is 1. The molecule has 148 valence electrons. The number of furan rings is 1. The Bertz CT molecular complexity index is 986. The van der Waals surface area contributed by atoms with Crippen molar-refractivity contribution in [3.05, 3.63) is 53.8 Å². The van der Waals surface area contributed by atoms with Crippen LogP contribution >= 0.6 is 0 Å². The van der Waals surface area contributed by atoms with Crippen LogP contribution in [0, 0.1) is 12.7 Å². The Balaban J connectivity index is 0.00000109. The van der Waals surface area contributed by atoms with Crippen molar-refractivity contribution < 1.29 is 13.6 Å². The molecule has 28 heavy (non-hydrogen) atoms. The number of nitrogens with zero attached hydrogens (tertiary/aromatic N) is 2. The highest BCUT2D eigenvalue weighted by Gasteiger charge is 2.30. The van der Waals surface area contributed by atoms with E-state index < -0.39 is 5.82 Å². The first kappa shape index (κ1) is 19.8. The lowest BCUT2D eigenvalue weighted by molar-refractivity contribution is 0.0763. The molecule has 1 fully saturated rings. The van der Waals surface area contributed by atoms with Crippen LogP contribution in [-0.2, 0) is 0 Å². The third-order valence-corrected chi connectivity index (χ3v) is 4.58. The molecule has 0 bridgehead atoms. The number of fused-ring (bicyclic) bond motifs is 1. The number of rotatable bonds is 3. The molecule has 1 unspecified atom stereocenters. The number of halogens is 1. The lowest BCUT2D eigenvalue weighted by Crippen LogP contribution is -2.32. The van der Waals surface area contributed by atoms with Crippen LogP contribution in [0.3, 0.4) is 0 Å². The van der Waals surface area contributed by atoms with Crippen LogP contribution in [0.1, 0.15) is 36.4 Å². The first-order chi connectivity index (χ1) is 13.5. The third kappa shape index (κ3) is 3.84. The number of hydrogen-bond acceptors (Lipinski definition) is 5. The average molecular weight is 384 g/mol. The summed E-state index contributed by atoms with van der Waals surface area (Å²) in [7, 11) is 0. The van der Waals surface area contributed by atoms with E-state index in [1.807, 2.05) is 20.8 Å². The number of hydrogen-bond donors (Lipinski definition) is 2. The summed E-state index contributed by atoms with van der Waals surface area (Å²) in [5.41, 5.74) is 7.93. The number of anilines is 2. The maximum atomic E-state index is 14.3. The van der Waals surface area contributed by atoms with Crippen LogP contribution in [-0.4, -0.2) is 34.9 Å². The Morgan fingerprint density at radius 3 is 2.82 bits per heavy atom. The molecule has 2 aromatic heterocycles. The molecular formula is C21H25FN4O2. The molecule has 0 aliphatic carbocycles. The fourth-order valence-corrected chi connectivity index (χ4v) is 3.19. The zero-order valence-corrected chi connectivity index (χ0v) is 16.3. The van der Waals surface area contributed by atoms with Gasteiger partial charge in [-0.25, -0.2) is 4.39 Å². The number of benzene rings is 1. The smallest absolute Gasteiger partial charge is 0.291 e. The minimum Gasteiger partial charge on any atom is -0.448 e. The van der Waals surface area contributed by atoms with Crippen molar-refractivity contribution in [2.24, 2.45) is 5.73 Å². The van der Waals surface area contributed by atoms with Gasteiger partial charge in [0.1, 0.15) is 17.1 Å². The van der Waals surface area contributed by atoms with Gasteiger partial charge in [-0.05, 0) is 37.1 Å². The molecule has 6 nitrogen and oxygen atoms in total. The summed E-state index contributed by atoms with van der Waals surface area (Å²) in [5.74, 6) is -0.518. The molecule has 4 rings (SSSR count). The van der Waals surface area contributed by atoms with Gasteiger partial charge in [0.15, 0.2) is 0 Å². The largest absolute Gasteiger partial charge is 0.448 e. The normalized spacial score (nSPS) is 16.0. The summed E-state index contributed by atoms with van der Waals surface area (Å²) in [5, 5.41) is 3.64. The van der Waals surface area contributed by atoms with Crippen molar-refractivity contribution in [3.8, 4) is 0 Å². The highest BCUT2D eigenvalue weighted by Crippen LogP contribution is 2.34. The van der Waals surface area contributed by atoms with E-state index in [4.69, 9.17) is 10.2 Å². The highest BCUT2D eigenvalue weighted by molar-refractivity contribution is 6.07. The second kappa shape index (κ2) is 8.39. The summed E-state index contributed by atoms with van der Waals surface area (Å²) >= 11 is 0. The number of aryl methyl sites for hydroxylation is 1. The van der Waals surface area contributed by atoms with Crippen LogP contribution in [0.25, 0.3) is 11.0 Å². The lowest BCUT2D eigenvalue weighted by Gasteiger charge is -2.15. The highest BCUT2D eigenvalue weighted by atomic mass is 19.1. The molecule has 1 amide bonds. The summed E-state index contributed by atoms with van der Waals surface area (Å²) in [6.45, 7) is 6.87. The van der Waals surface area contributed by atoms with E-state index >= 15 is 0 Å². The SMILES string of the molecule is CC.Cc1ccc(Nc2c(C(=O)N3CCC(N)C3)oc3ccncc23)c(F)c1. The van der Waals surface area contributed by atoms with Gasteiger partial charge in [-0.15, -0.1) is 0 Å². The molecule has 0 saturated carbocycles. The summed E-state index contributed by atoms with van der Waals surface area (Å²) in [6.07, 6.45) is 3.94. The van der Waals surface area contributed by atoms with E-state index in [9.17, 15) is 9.18 Å². The van der Waals surface area contributed by atoms with Gasteiger partial charge in [-0.1, -0.05) is 19.9 Å². The zero-order valence-electron chi connectivity index (χ0n) is 16.3. The maximum Gasteiger partial charge on any atom is 0.291 e. The average Bonchev–Trinajstić information content (AvgIpc) is 3.29. The molecule has 1 aliphatic heterocycles. The molecule has 3 N–H and O–H groups in total. The first-order valence-electron chi connectivity index (χ1n) is 9.47. The Morgan fingerprint density at radius 2 is 2.14 bits per heavy atom. The molecule has 0 radical (unpaired) electrons. The second-order valence-electron chi connectivity index (χ2n) is 6.59. The molecule has 1 aliphatic rings.